The van der Waals surface area contributed by atoms with Gasteiger partial charge in [-0.15, -0.1) is 0 Å². The number of hydrogen-bond acceptors (Lipinski definition) is 4. The predicted molar refractivity (Wildman–Crippen MR) is 81.5 cm³/mol. The molecule has 22 heavy (non-hydrogen) atoms. The Hall–Kier alpha value is -1.92. The van der Waals surface area contributed by atoms with E-state index in [0.717, 1.165) is 24.9 Å². The molecule has 6 heteroatoms. The Bertz CT molecular complexity index is 573. The van der Waals surface area contributed by atoms with Gasteiger partial charge in [0.15, 0.2) is 0 Å². The maximum Gasteiger partial charge on any atom is 0.335 e. The molecule has 0 aromatic heterocycles. The summed E-state index contributed by atoms with van der Waals surface area (Å²) < 4.78 is 0. The molecule has 3 rings (SSSR count). The molecule has 1 aromatic carbocycles. The summed E-state index contributed by atoms with van der Waals surface area (Å²) in [6, 6.07) is 7.16. The standard InChI is InChI=1S/C16H21N3O3/c1-10-8-14(18-17-10)15(20)19-7-6-13(9-19)11-2-4-12(5-3-11)16(21)22/h2-5,10,13-14,17-18H,6-9H2,1H3,(H,21,22). The highest BCUT2D eigenvalue weighted by Gasteiger charge is 2.34. The Labute approximate surface area is 129 Å². The first-order valence-corrected chi connectivity index (χ1v) is 7.67. The van der Waals surface area contributed by atoms with E-state index < -0.39 is 5.97 Å². The lowest BCUT2D eigenvalue weighted by atomic mass is 9.97. The molecule has 0 spiro atoms. The third kappa shape index (κ3) is 2.98. The Balaban J connectivity index is 1.62. The molecule has 0 aliphatic carbocycles. The maximum absolute atomic E-state index is 12.5. The van der Waals surface area contributed by atoms with E-state index in [1.165, 1.54) is 0 Å². The van der Waals surface area contributed by atoms with Crippen molar-refractivity contribution < 1.29 is 14.7 Å². The second kappa shape index (κ2) is 6.06. The van der Waals surface area contributed by atoms with Crippen LogP contribution in [0, 0.1) is 0 Å². The zero-order valence-corrected chi connectivity index (χ0v) is 12.6. The summed E-state index contributed by atoms with van der Waals surface area (Å²) >= 11 is 0. The van der Waals surface area contributed by atoms with Crippen LogP contribution in [-0.2, 0) is 4.79 Å². The monoisotopic (exact) mass is 303 g/mol. The maximum atomic E-state index is 12.5. The van der Waals surface area contributed by atoms with E-state index in [1.807, 2.05) is 17.0 Å². The van der Waals surface area contributed by atoms with Crippen LogP contribution < -0.4 is 10.9 Å². The first-order chi connectivity index (χ1) is 10.5. The van der Waals surface area contributed by atoms with Crippen molar-refractivity contribution in [2.45, 2.75) is 37.8 Å². The SMILES string of the molecule is CC1CC(C(=O)N2CCC(c3ccc(C(=O)O)cc3)C2)NN1. The minimum absolute atomic E-state index is 0.136. The van der Waals surface area contributed by atoms with Gasteiger partial charge in [-0.25, -0.2) is 10.2 Å². The first-order valence-electron chi connectivity index (χ1n) is 7.67. The van der Waals surface area contributed by atoms with Gasteiger partial charge in [0.05, 0.1) is 5.56 Å². The summed E-state index contributed by atoms with van der Waals surface area (Å²) in [4.78, 5) is 25.3. The number of rotatable bonds is 3. The number of nitrogens with zero attached hydrogens (tertiary/aromatic N) is 1. The van der Waals surface area contributed by atoms with Crippen molar-refractivity contribution in [1.29, 1.82) is 0 Å². The third-order valence-corrected chi connectivity index (χ3v) is 4.52. The number of amides is 1. The van der Waals surface area contributed by atoms with Crippen molar-refractivity contribution in [2.24, 2.45) is 0 Å². The molecule has 2 aliphatic heterocycles. The van der Waals surface area contributed by atoms with Gasteiger partial charge in [0, 0.05) is 25.0 Å². The molecule has 2 heterocycles. The molecule has 1 amide bonds. The van der Waals surface area contributed by atoms with E-state index in [1.54, 1.807) is 12.1 Å². The van der Waals surface area contributed by atoms with E-state index in [4.69, 9.17) is 5.11 Å². The van der Waals surface area contributed by atoms with Crippen molar-refractivity contribution in [3.05, 3.63) is 35.4 Å². The van der Waals surface area contributed by atoms with Crippen molar-refractivity contribution in [1.82, 2.24) is 15.8 Å². The number of carboxylic acids is 1. The quantitative estimate of drug-likeness (QED) is 0.775. The van der Waals surface area contributed by atoms with Crippen molar-refractivity contribution in [2.75, 3.05) is 13.1 Å². The second-order valence-corrected chi connectivity index (χ2v) is 6.18. The molecule has 0 saturated carbocycles. The highest BCUT2D eigenvalue weighted by Crippen LogP contribution is 2.28. The van der Waals surface area contributed by atoms with E-state index in [-0.39, 0.29) is 11.9 Å². The van der Waals surface area contributed by atoms with Crippen molar-refractivity contribution >= 4 is 11.9 Å². The summed E-state index contributed by atoms with van der Waals surface area (Å²) in [7, 11) is 0. The molecule has 3 atom stereocenters. The number of benzene rings is 1. The molecule has 0 radical (unpaired) electrons. The van der Waals surface area contributed by atoms with Crippen LogP contribution in [0.15, 0.2) is 24.3 Å². The molecule has 1 aromatic rings. The molecule has 0 bridgehead atoms. The largest absolute Gasteiger partial charge is 0.478 e. The van der Waals surface area contributed by atoms with Crippen molar-refractivity contribution in [3.8, 4) is 0 Å². The van der Waals surface area contributed by atoms with E-state index in [2.05, 4.69) is 17.8 Å². The Morgan fingerprint density at radius 3 is 2.55 bits per heavy atom. The van der Waals surface area contributed by atoms with E-state index in [0.29, 0.717) is 24.1 Å². The van der Waals surface area contributed by atoms with Gasteiger partial charge in [0.1, 0.15) is 6.04 Å². The molecule has 3 unspecified atom stereocenters. The van der Waals surface area contributed by atoms with Crippen LogP contribution >= 0.6 is 0 Å². The van der Waals surface area contributed by atoms with Gasteiger partial charge >= 0.3 is 5.97 Å². The molecule has 6 nitrogen and oxygen atoms in total. The van der Waals surface area contributed by atoms with Gasteiger partial charge in [0.25, 0.3) is 0 Å². The fraction of sp³-hybridized carbons (Fsp3) is 0.500. The number of hydrogen-bond donors (Lipinski definition) is 3. The van der Waals surface area contributed by atoms with Crippen LogP contribution in [0.2, 0.25) is 0 Å². The fourth-order valence-corrected chi connectivity index (χ4v) is 3.23. The summed E-state index contributed by atoms with van der Waals surface area (Å²) in [6.07, 6.45) is 1.74. The molecule has 118 valence electrons. The highest BCUT2D eigenvalue weighted by molar-refractivity contribution is 5.87. The molecule has 2 aliphatic rings. The zero-order chi connectivity index (χ0) is 15.7. The van der Waals surface area contributed by atoms with Crippen LogP contribution in [0.1, 0.15) is 41.6 Å². The van der Waals surface area contributed by atoms with Crippen molar-refractivity contribution in [3.63, 3.8) is 0 Å². The molecular weight excluding hydrogens is 282 g/mol. The molecular formula is C16H21N3O3. The predicted octanol–water partition coefficient (Wildman–Crippen LogP) is 0.956. The number of carboxylic acid groups (broad SMARTS) is 1. The average Bonchev–Trinajstić information content (AvgIpc) is 3.15. The highest BCUT2D eigenvalue weighted by atomic mass is 16.4. The minimum Gasteiger partial charge on any atom is -0.478 e. The number of nitrogens with one attached hydrogen (secondary N) is 2. The number of likely N-dealkylation sites (tertiary alicyclic amines) is 1. The number of carbonyl (C=O) groups excluding carboxylic acids is 1. The average molecular weight is 303 g/mol. The molecule has 3 N–H and O–H groups in total. The molecule has 2 fully saturated rings. The van der Waals surface area contributed by atoms with Crippen LogP contribution in [0.5, 0.6) is 0 Å². The molecule has 2 saturated heterocycles. The number of hydrazine groups is 1. The van der Waals surface area contributed by atoms with Crippen LogP contribution in [0.4, 0.5) is 0 Å². The number of aromatic carboxylic acids is 1. The summed E-state index contributed by atoms with van der Waals surface area (Å²) in [5, 5.41) is 8.93. The summed E-state index contributed by atoms with van der Waals surface area (Å²) in [5.74, 6) is -0.469. The summed E-state index contributed by atoms with van der Waals surface area (Å²) in [6.45, 7) is 3.52. The smallest absolute Gasteiger partial charge is 0.335 e. The zero-order valence-electron chi connectivity index (χ0n) is 12.6. The second-order valence-electron chi connectivity index (χ2n) is 6.18. The lowest BCUT2D eigenvalue weighted by Gasteiger charge is -2.20. The van der Waals surface area contributed by atoms with Gasteiger partial charge in [-0.05, 0) is 37.5 Å². The topological polar surface area (TPSA) is 81.7 Å². The summed E-state index contributed by atoms with van der Waals surface area (Å²) in [5.41, 5.74) is 7.53. The van der Waals surface area contributed by atoms with Gasteiger partial charge in [-0.2, -0.15) is 0 Å². The van der Waals surface area contributed by atoms with E-state index in [9.17, 15) is 9.59 Å². The van der Waals surface area contributed by atoms with Crippen LogP contribution in [-0.4, -0.2) is 47.1 Å². The third-order valence-electron chi connectivity index (χ3n) is 4.52. The Morgan fingerprint density at radius 2 is 1.95 bits per heavy atom. The van der Waals surface area contributed by atoms with Crippen LogP contribution in [0.3, 0.4) is 0 Å². The normalized spacial score (nSPS) is 28.0. The first kappa shape index (κ1) is 15.0. The Morgan fingerprint density at radius 1 is 1.23 bits per heavy atom. The van der Waals surface area contributed by atoms with E-state index >= 15 is 0 Å². The fourth-order valence-electron chi connectivity index (χ4n) is 3.23. The van der Waals surface area contributed by atoms with Gasteiger partial charge in [-0.1, -0.05) is 12.1 Å². The van der Waals surface area contributed by atoms with Gasteiger partial charge in [0.2, 0.25) is 5.91 Å². The van der Waals surface area contributed by atoms with Gasteiger partial charge in [-0.3, -0.25) is 10.2 Å². The number of carbonyl (C=O) groups is 2. The van der Waals surface area contributed by atoms with Gasteiger partial charge < -0.3 is 10.0 Å². The lowest BCUT2D eigenvalue weighted by Crippen LogP contribution is -2.44. The lowest BCUT2D eigenvalue weighted by molar-refractivity contribution is -0.132. The van der Waals surface area contributed by atoms with Crippen LogP contribution in [0.25, 0.3) is 0 Å². The Kier molecular flexibility index (Phi) is 4.13. The minimum atomic E-state index is -0.913.